The minimum absolute atomic E-state index is 0.0204. The lowest BCUT2D eigenvalue weighted by molar-refractivity contribution is -0.151. The molecule has 1 saturated carbocycles. The van der Waals surface area contributed by atoms with Crippen LogP contribution in [0.4, 0.5) is 4.39 Å². The minimum atomic E-state index is -0.462. The molecule has 5 rings (SSSR count). The minimum Gasteiger partial charge on any atom is -0.493 e. The number of carbonyl (C=O) groups excluding carboxylic acids is 1. The van der Waals surface area contributed by atoms with E-state index in [4.69, 9.17) is 44.3 Å². The standard InChI is InChI=1S/C35H36Cl3FN2O4/c1-21(2)17-31(35(43)45-23-7-3-4-8-23)40-15-6-16-44-24-19-27(25-12-11-22(39)18-30(25)38)26-13-14-33(42)41(32(26)20-24)34-28(36)9-5-10-29(34)37/h5,9-14,18-21,23,31,40H,3-4,6-8,15-17H2,1-2H3/t31-/m0/s1. The zero-order valence-corrected chi connectivity index (χ0v) is 27.5. The Bertz CT molecular complexity index is 1720. The van der Waals surface area contributed by atoms with E-state index >= 15 is 0 Å². The first-order valence-corrected chi connectivity index (χ1v) is 16.4. The molecule has 0 radical (unpaired) electrons. The molecule has 0 aliphatic heterocycles. The number of esters is 1. The summed E-state index contributed by atoms with van der Waals surface area (Å²) in [6, 6.07) is 15.5. The van der Waals surface area contributed by atoms with Crippen molar-refractivity contribution >= 4 is 51.7 Å². The fourth-order valence-corrected chi connectivity index (χ4v) is 6.63. The number of ether oxygens (including phenoxy) is 2. The van der Waals surface area contributed by atoms with Crippen molar-refractivity contribution in [1.29, 1.82) is 0 Å². The van der Waals surface area contributed by atoms with Crippen LogP contribution in [-0.4, -0.2) is 35.8 Å². The summed E-state index contributed by atoms with van der Waals surface area (Å²) >= 11 is 19.6. The van der Waals surface area contributed by atoms with Crippen LogP contribution >= 0.6 is 34.8 Å². The summed E-state index contributed by atoms with van der Waals surface area (Å²) in [7, 11) is 0. The number of pyridine rings is 1. The van der Waals surface area contributed by atoms with Crippen LogP contribution in [0, 0.1) is 11.7 Å². The fraction of sp³-hybridized carbons (Fsp3) is 0.371. The molecule has 238 valence electrons. The van der Waals surface area contributed by atoms with Gasteiger partial charge in [-0.25, -0.2) is 4.39 Å². The molecule has 0 bridgehead atoms. The maximum atomic E-state index is 14.0. The van der Waals surface area contributed by atoms with Crippen LogP contribution in [0.25, 0.3) is 27.7 Å². The van der Waals surface area contributed by atoms with Gasteiger partial charge >= 0.3 is 5.97 Å². The lowest BCUT2D eigenvalue weighted by Crippen LogP contribution is -2.41. The lowest BCUT2D eigenvalue weighted by atomic mass is 9.99. The Hall–Kier alpha value is -3.10. The molecule has 4 aromatic rings. The van der Waals surface area contributed by atoms with E-state index in [9.17, 15) is 14.0 Å². The predicted octanol–water partition coefficient (Wildman–Crippen LogP) is 9.02. The van der Waals surface area contributed by atoms with Crippen LogP contribution in [0.15, 0.2) is 65.5 Å². The van der Waals surface area contributed by atoms with Gasteiger partial charge in [0.05, 0.1) is 32.9 Å². The summed E-state index contributed by atoms with van der Waals surface area (Å²) in [6.45, 7) is 5.04. The van der Waals surface area contributed by atoms with E-state index in [2.05, 4.69) is 19.2 Å². The summed E-state index contributed by atoms with van der Waals surface area (Å²) in [5, 5.41) is 4.85. The molecule has 1 heterocycles. The average molecular weight is 674 g/mol. The molecule has 1 aliphatic carbocycles. The van der Waals surface area contributed by atoms with Gasteiger partial charge < -0.3 is 14.8 Å². The van der Waals surface area contributed by atoms with Crippen LogP contribution in [-0.2, 0) is 9.53 Å². The number of carbonyl (C=O) groups is 1. The molecule has 1 fully saturated rings. The molecule has 1 aromatic heterocycles. The molecule has 1 aliphatic rings. The highest BCUT2D eigenvalue weighted by Gasteiger charge is 2.26. The molecule has 0 amide bonds. The number of rotatable bonds is 12. The van der Waals surface area contributed by atoms with Crippen molar-refractivity contribution in [2.24, 2.45) is 5.92 Å². The quantitative estimate of drug-likeness (QED) is 0.120. The second kappa shape index (κ2) is 15.0. The molecular weight excluding hydrogens is 638 g/mol. The largest absolute Gasteiger partial charge is 0.493 e. The van der Waals surface area contributed by atoms with Gasteiger partial charge in [0.15, 0.2) is 0 Å². The van der Waals surface area contributed by atoms with Crippen LogP contribution in [0.1, 0.15) is 52.4 Å². The molecule has 3 aromatic carbocycles. The summed E-state index contributed by atoms with van der Waals surface area (Å²) in [5.41, 5.74) is 1.72. The van der Waals surface area contributed by atoms with Gasteiger partial charge in [0, 0.05) is 23.1 Å². The van der Waals surface area contributed by atoms with Gasteiger partial charge in [-0.15, -0.1) is 0 Å². The monoisotopic (exact) mass is 672 g/mol. The highest BCUT2D eigenvalue weighted by Crippen LogP contribution is 2.38. The second-order valence-corrected chi connectivity index (χ2v) is 13.0. The van der Waals surface area contributed by atoms with Gasteiger partial charge in [-0.1, -0.05) is 54.7 Å². The number of hydrogen-bond donors (Lipinski definition) is 1. The van der Waals surface area contributed by atoms with Crippen LogP contribution < -0.4 is 15.6 Å². The smallest absolute Gasteiger partial charge is 0.323 e. The average Bonchev–Trinajstić information content (AvgIpc) is 3.50. The molecular formula is C35H36Cl3FN2O4. The van der Waals surface area contributed by atoms with E-state index < -0.39 is 5.82 Å². The Morgan fingerprint density at radius 3 is 2.40 bits per heavy atom. The van der Waals surface area contributed by atoms with Gasteiger partial charge in [0.2, 0.25) is 0 Å². The molecule has 6 nitrogen and oxygen atoms in total. The maximum absolute atomic E-state index is 14.0. The van der Waals surface area contributed by atoms with Crippen LogP contribution in [0.2, 0.25) is 15.1 Å². The first-order chi connectivity index (χ1) is 21.6. The number of nitrogens with zero attached hydrogens (tertiary/aromatic N) is 1. The highest BCUT2D eigenvalue weighted by atomic mass is 35.5. The molecule has 1 N–H and O–H groups in total. The molecule has 0 saturated heterocycles. The number of fused-ring (bicyclic) bond motifs is 1. The zero-order chi connectivity index (χ0) is 32.1. The number of benzene rings is 3. The number of para-hydroxylation sites is 1. The lowest BCUT2D eigenvalue weighted by Gasteiger charge is -2.22. The van der Waals surface area contributed by atoms with Gasteiger partial charge in [0.1, 0.15) is 23.7 Å². The Balaban J connectivity index is 1.41. The van der Waals surface area contributed by atoms with E-state index in [-0.39, 0.29) is 28.7 Å². The number of nitrogens with one attached hydrogen (secondary N) is 1. The van der Waals surface area contributed by atoms with E-state index in [1.54, 1.807) is 36.4 Å². The van der Waals surface area contributed by atoms with E-state index in [0.717, 1.165) is 25.7 Å². The van der Waals surface area contributed by atoms with Crippen molar-refractivity contribution in [2.75, 3.05) is 13.2 Å². The first-order valence-electron chi connectivity index (χ1n) is 15.3. The number of hydrogen-bond acceptors (Lipinski definition) is 5. The van der Waals surface area contributed by atoms with E-state index in [0.29, 0.717) is 75.4 Å². The third-order valence-corrected chi connectivity index (χ3v) is 8.85. The third kappa shape index (κ3) is 8.01. The maximum Gasteiger partial charge on any atom is 0.323 e. The summed E-state index contributed by atoms with van der Waals surface area (Å²) in [4.78, 5) is 26.2. The van der Waals surface area contributed by atoms with E-state index in [1.165, 1.54) is 22.8 Å². The fourth-order valence-electron chi connectivity index (χ4n) is 5.79. The van der Waals surface area contributed by atoms with E-state index in [1.807, 2.05) is 6.07 Å². The SMILES string of the molecule is CC(C)C[C@H](NCCCOc1cc(-c2ccc(F)cc2Cl)c2ccc(=O)n(-c3c(Cl)cccc3Cl)c2c1)C(=O)OC1CCCC1. The van der Waals surface area contributed by atoms with Gasteiger partial charge in [0.25, 0.3) is 5.56 Å². The van der Waals surface area contributed by atoms with Crippen molar-refractivity contribution in [2.45, 2.75) is 64.5 Å². The van der Waals surface area contributed by atoms with Gasteiger partial charge in [-0.3, -0.25) is 14.2 Å². The number of aromatic nitrogens is 1. The highest BCUT2D eigenvalue weighted by molar-refractivity contribution is 6.38. The molecule has 45 heavy (non-hydrogen) atoms. The van der Waals surface area contributed by atoms with Crippen molar-refractivity contribution in [3.05, 3.63) is 91.9 Å². The topological polar surface area (TPSA) is 69.6 Å². The van der Waals surface area contributed by atoms with Crippen molar-refractivity contribution in [1.82, 2.24) is 9.88 Å². The van der Waals surface area contributed by atoms with Crippen molar-refractivity contribution in [3.63, 3.8) is 0 Å². The Labute approximate surface area is 277 Å². The molecule has 0 unspecified atom stereocenters. The predicted molar refractivity (Wildman–Crippen MR) is 180 cm³/mol. The summed E-state index contributed by atoms with van der Waals surface area (Å²) in [6.07, 6.45) is 5.37. The first kappa shape index (κ1) is 33.3. The Kier molecular flexibility index (Phi) is 11.1. The summed E-state index contributed by atoms with van der Waals surface area (Å²) in [5.74, 6) is 0.145. The van der Waals surface area contributed by atoms with Gasteiger partial charge in [-0.2, -0.15) is 0 Å². The van der Waals surface area contributed by atoms with Crippen molar-refractivity contribution < 1.29 is 18.7 Å². The Morgan fingerprint density at radius 2 is 1.71 bits per heavy atom. The van der Waals surface area contributed by atoms with Crippen molar-refractivity contribution in [3.8, 4) is 22.6 Å². The Morgan fingerprint density at radius 1 is 0.978 bits per heavy atom. The molecule has 1 atom stereocenters. The number of halogens is 4. The van der Waals surface area contributed by atoms with Crippen LogP contribution in [0.3, 0.4) is 0 Å². The third-order valence-electron chi connectivity index (χ3n) is 7.93. The van der Waals surface area contributed by atoms with Crippen LogP contribution in [0.5, 0.6) is 5.75 Å². The zero-order valence-electron chi connectivity index (χ0n) is 25.3. The molecule has 10 heteroatoms. The normalized spacial score (nSPS) is 14.3. The van der Waals surface area contributed by atoms with Gasteiger partial charge in [-0.05, 0) is 99.0 Å². The summed E-state index contributed by atoms with van der Waals surface area (Å²) < 4.78 is 27.4. The molecule has 0 spiro atoms. The second-order valence-electron chi connectivity index (χ2n) is 11.8.